The van der Waals surface area contributed by atoms with Crippen LogP contribution >= 0.6 is 0 Å². The van der Waals surface area contributed by atoms with Crippen LogP contribution in [-0.2, 0) is 18.6 Å². The first kappa shape index (κ1) is 21.3. The van der Waals surface area contributed by atoms with Crippen molar-refractivity contribution < 1.29 is 28.2 Å². The molecule has 0 bridgehead atoms. The van der Waals surface area contributed by atoms with Gasteiger partial charge in [-0.2, -0.15) is 0 Å². The van der Waals surface area contributed by atoms with Gasteiger partial charge in [0.05, 0.1) is 20.8 Å². The van der Waals surface area contributed by atoms with E-state index in [9.17, 15) is 9.59 Å². The second-order valence-corrected chi connectivity index (χ2v) is 16.3. The van der Waals surface area contributed by atoms with E-state index < -0.39 is 28.7 Å². The van der Waals surface area contributed by atoms with Crippen LogP contribution in [0.5, 0.6) is 0 Å². The zero-order chi connectivity index (χ0) is 16.4. The van der Waals surface area contributed by atoms with Gasteiger partial charge in [-0.05, 0) is 25.7 Å². The predicted octanol–water partition coefficient (Wildman–Crippen LogP) is 3.71. The summed E-state index contributed by atoms with van der Waals surface area (Å²) in [6.07, 6.45) is -1.16. The highest BCUT2D eigenvalue weighted by Crippen LogP contribution is 2.07. The van der Waals surface area contributed by atoms with Crippen molar-refractivity contribution >= 4 is 28.7 Å². The van der Waals surface area contributed by atoms with E-state index in [0.29, 0.717) is 6.61 Å². The summed E-state index contributed by atoms with van der Waals surface area (Å²) in [4.78, 5) is 20.9. The largest absolute Gasteiger partial charge is 0.507 e. The van der Waals surface area contributed by atoms with Gasteiger partial charge < -0.3 is 18.6 Å². The lowest BCUT2D eigenvalue weighted by molar-refractivity contribution is 0.0768. The van der Waals surface area contributed by atoms with Crippen LogP contribution in [0.4, 0.5) is 9.59 Å². The lowest BCUT2D eigenvalue weighted by atomic mass is 10.8. The van der Waals surface area contributed by atoms with Gasteiger partial charge in [0.2, 0.25) is 0 Å². The van der Waals surface area contributed by atoms with Gasteiger partial charge in [0.1, 0.15) is 0 Å². The summed E-state index contributed by atoms with van der Waals surface area (Å²) in [6, 6.07) is 0.988. The molecule has 0 aliphatic rings. The van der Waals surface area contributed by atoms with Gasteiger partial charge >= 0.3 is 12.3 Å². The molecule has 0 amide bonds. The second-order valence-electron chi connectivity index (χ2n) is 6.28. The number of carbonyl (C=O) groups excluding carboxylic acids is 2. The van der Waals surface area contributed by atoms with Crippen LogP contribution < -0.4 is 0 Å². The number of hydrogen-bond donors (Lipinski definition) is 0. The van der Waals surface area contributed by atoms with Crippen LogP contribution in [0.2, 0.25) is 45.3 Å². The summed E-state index contributed by atoms with van der Waals surface area (Å²) in [6.45, 7) is 12.9. The highest BCUT2D eigenvalue weighted by molar-refractivity contribution is 6.76. The molecule has 20 heavy (non-hydrogen) atoms. The van der Waals surface area contributed by atoms with Crippen molar-refractivity contribution in [3.63, 3.8) is 0 Å². The standard InChI is InChI=1S/C7H16O3Si.C5H12O3Si/c1-9-7(8)10-5-6-11(2,3)4;1-7-5(6)8-9(2,3)4/h5-6H2,1-4H3;1-4H3. The van der Waals surface area contributed by atoms with E-state index in [1.807, 2.05) is 19.6 Å². The number of ether oxygens (including phenoxy) is 3. The Morgan fingerprint density at radius 2 is 1.30 bits per heavy atom. The lowest BCUT2D eigenvalue weighted by Gasteiger charge is -2.14. The lowest BCUT2D eigenvalue weighted by Crippen LogP contribution is -2.28. The maximum absolute atomic E-state index is 10.5. The average Bonchev–Trinajstić information content (AvgIpc) is 2.25. The molecule has 0 aliphatic heterocycles. The molecule has 0 radical (unpaired) electrons. The molecule has 0 saturated carbocycles. The molecule has 0 aromatic rings. The van der Waals surface area contributed by atoms with E-state index in [-0.39, 0.29) is 0 Å². The summed E-state index contributed by atoms with van der Waals surface area (Å²) in [5.74, 6) is 0. The van der Waals surface area contributed by atoms with Gasteiger partial charge in [0.25, 0.3) is 8.32 Å². The minimum Gasteiger partial charge on any atom is -0.490 e. The molecule has 0 heterocycles. The second kappa shape index (κ2) is 9.81. The molecule has 0 atom stereocenters. The predicted molar refractivity (Wildman–Crippen MR) is 83.3 cm³/mol. The van der Waals surface area contributed by atoms with Gasteiger partial charge in [-0.1, -0.05) is 19.6 Å². The number of hydrogen-bond acceptors (Lipinski definition) is 6. The molecule has 120 valence electrons. The van der Waals surface area contributed by atoms with E-state index in [4.69, 9.17) is 9.16 Å². The van der Waals surface area contributed by atoms with E-state index >= 15 is 0 Å². The molecule has 0 fully saturated rings. The smallest absolute Gasteiger partial charge is 0.490 e. The Hall–Kier alpha value is -1.03. The fourth-order valence-corrected chi connectivity index (χ4v) is 2.09. The first-order chi connectivity index (χ1) is 8.91. The molecule has 8 heteroatoms. The summed E-state index contributed by atoms with van der Waals surface area (Å²) in [7, 11) is -0.161. The van der Waals surface area contributed by atoms with E-state index in [2.05, 4.69) is 29.1 Å². The molecule has 0 aromatic heterocycles. The van der Waals surface area contributed by atoms with Crippen molar-refractivity contribution in [3.8, 4) is 0 Å². The SMILES string of the molecule is COC(=O)OCC[Si](C)(C)C.COC(=O)O[Si](C)(C)C. The van der Waals surface area contributed by atoms with Gasteiger partial charge in [-0.25, -0.2) is 9.59 Å². The van der Waals surface area contributed by atoms with Crippen molar-refractivity contribution in [3.05, 3.63) is 0 Å². The Labute approximate surface area is 123 Å². The molecule has 0 N–H and O–H groups in total. The van der Waals surface area contributed by atoms with E-state index in [1.54, 1.807) is 0 Å². The normalized spacial score (nSPS) is 10.8. The minimum absolute atomic E-state index is 0.488. The van der Waals surface area contributed by atoms with Crippen molar-refractivity contribution in [2.75, 3.05) is 20.8 Å². The molecule has 0 spiro atoms. The Morgan fingerprint density at radius 1 is 0.850 bits per heavy atom. The number of methoxy groups -OCH3 is 2. The average molecular weight is 325 g/mol. The molecule has 0 aromatic carbocycles. The zero-order valence-electron chi connectivity index (χ0n) is 13.9. The zero-order valence-corrected chi connectivity index (χ0v) is 15.9. The third-order valence-corrected chi connectivity index (χ3v) is 4.28. The van der Waals surface area contributed by atoms with E-state index in [0.717, 1.165) is 6.04 Å². The monoisotopic (exact) mass is 324 g/mol. The Bertz CT molecular complexity index is 293. The topological polar surface area (TPSA) is 71.1 Å². The third kappa shape index (κ3) is 19.3. The fourth-order valence-electron chi connectivity index (χ4n) is 0.791. The molecule has 0 rings (SSSR count). The molecule has 0 aliphatic carbocycles. The summed E-state index contributed by atoms with van der Waals surface area (Å²) >= 11 is 0. The first-order valence-corrected chi connectivity index (χ1v) is 13.5. The van der Waals surface area contributed by atoms with Crippen LogP contribution in [0.3, 0.4) is 0 Å². The minimum atomic E-state index is -1.72. The van der Waals surface area contributed by atoms with Crippen molar-refractivity contribution in [2.24, 2.45) is 0 Å². The fraction of sp³-hybridized carbons (Fsp3) is 0.833. The molecule has 0 unspecified atom stereocenters. The maximum Gasteiger partial charge on any atom is 0.507 e. The summed E-state index contributed by atoms with van der Waals surface area (Å²) < 4.78 is 18.2. The molecule has 0 saturated heterocycles. The Kier molecular flexibility index (Phi) is 10.4. The highest BCUT2D eigenvalue weighted by Gasteiger charge is 2.19. The molecular weight excluding hydrogens is 296 g/mol. The maximum atomic E-state index is 10.5. The van der Waals surface area contributed by atoms with Gasteiger partial charge in [0, 0.05) is 8.07 Å². The van der Waals surface area contributed by atoms with Crippen LogP contribution in [0, 0.1) is 0 Å². The quantitative estimate of drug-likeness (QED) is 0.580. The summed E-state index contributed by atoms with van der Waals surface area (Å²) in [5, 5.41) is 0. The van der Waals surface area contributed by atoms with E-state index in [1.165, 1.54) is 14.2 Å². The van der Waals surface area contributed by atoms with Gasteiger partial charge in [-0.3, -0.25) is 0 Å². The van der Waals surface area contributed by atoms with Crippen LogP contribution in [0.25, 0.3) is 0 Å². The van der Waals surface area contributed by atoms with Crippen LogP contribution in [-0.4, -0.2) is 49.5 Å². The molecular formula is C12H28O6Si2. The molecule has 6 nitrogen and oxygen atoms in total. The highest BCUT2D eigenvalue weighted by atomic mass is 28.4. The Balaban J connectivity index is 0. The van der Waals surface area contributed by atoms with Gasteiger partial charge in [-0.15, -0.1) is 0 Å². The van der Waals surface area contributed by atoms with Crippen molar-refractivity contribution in [1.29, 1.82) is 0 Å². The van der Waals surface area contributed by atoms with Gasteiger partial charge in [0.15, 0.2) is 0 Å². The van der Waals surface area contributed by atoms with Crippen LogP contribution in [0.15, 0.2) is 0 Å². The van der Waals surface area contributed by atoms with Crippen molar-refractivity contribution in [1.82, 2.24) is 0 Å². The summed E-state index contributed by atoms with van der Waals surface area (Å²) in [5.41, 5.74) is 0. The number of carbonyl (C=O) groups is 2. The van der Waals surface area contributed by atoms with Crippen LogP contribution in [0.1, 0.15) is 0 Å². The number of rotatable bonds is 4. The van der Waals surface area contributed by atoms with Crippen molar-refractivity contribution in [2.45, 2.75) is 45.3 Å². The third-order valence-electron chi connectivity index (χ3n) is 1.79. The first-order valence-electron chi connectivity index (χ1n) is 6.39. The Morgan fingerprint density at radius 3 is 1.55 bits per heavy atom.